The molecule has 0 bridgehead atoms. The lowest BCUT2D eigenvalue weighted by atomic mass is 10.2. The summed E-state index contributed by atoms with van der Waals surface area (Å²) in [4.78, 5) is 14.7. The molecule has 0 saturated heterocycles. The fourth-order valence-corrected chi connectivity index (χ4v) is 1.79. The van der Waals surface area contributed by atoms with E-state index in [1.54, 1.807) is 12.1 Å². The SMILES string of the molecule is CCC(C)NC(=NCc1ccc([N+](=O)[O-])cc1)NCCOCCO. The summed E-state index contributed by atoms with van der Waals surface area (Å²) < 4.78 is 5.20. The van der Waals surface area contributed by atoms with Crippen LogP contribution >= 0.6 is 0 Å². The van der Waals surface area contributed by atoms with Gasteiger partial charge in [-0.2, -0.15) is 0 Å². The van der Waals surface area contributed by atoms with Crippen molar-refractivity contribution in [3.63, 3.8) is 0 Å². The van der Waals surface area contributed by atoms with Gasteiger partial charge in [0.15, 0.2) is 5.96 Å². The second-order valence-electron chi connectivity index (χ2n) is 5.30. The molecule has 8 heteroatoms. The number of rotatable bonds is 10. The average Bonchev–Trinajstić information content (AvgIpc) is 2.59. The third kappa shape index (κ3) is 7.89. The van der Waals surface area contributed by atoms with Crippen molar-refractivity contribution in [1.29, 1.82) is 0 Å². The predicted molar refractivity (Wildman–Crippen MR) is 93.0 cm³/mol. The van der Waals surface area contributed by atoms with E-state index in [1.165, 1.54) is 12.1 Å². The lowest BCUT2D eigenvalue weighted by Gasteiger charge is -2.17. The van der Waals surface area contributed by atoms with Crippen LogP contribution in [0.25, 0.3) is 0 Å². The standard InChI is InChI=1S/C16H26N4O4/c1-3-13(2)19-16(17-8-10-24-11-9-21)18-12-14-4-6-15(7-5-14)20(22)23/h4-7,13,21H,3,8-12H2,1-2H3,(H2,17,18,19). The van der Waals surface area contributed by atoms with E-state index in [-0.39, 0.29) is 18.3 Å². The number of nitro benzene ring substituents is 1. The van der Waals surface area contributed by atoms with Gasteiger partial charge in [-0.1, -0.05) is 19.1 Å². The number of aliphatic hydroxyl groups is 1. The number of hydrogen-bond donors (Lipinski definition) is 3. The maximum absolute atomic E-state index is 10.7. The molecule has 1 unspecified atom stereocenters. The van der Waals surface area contributed by atoms with Crippen LogP contribution in [0.5, 0.6) is 0 Å². The first-order valence-electron chi connectivity index (χ1n) is 8.03. The highest BCUT2D eigenvalue weighted by molar-refractivity contribution is 5.80. The monoisotopic (exact) mass is 338 g/mol. The molecule has 0 aliphatic carbocycles. The molecule has 0 radical (unpaired) electrons. The van der Waals surface area contributed by atoms with Crippen molar-refractivity contribution >= 4 is 11.6 Å². The van der Waals surface area contributed by atoms with E-state index in [9.17, 15) is 10.1 Å². The van der Waals surface area contributed by atoms with Crippen LogP contribution in [0.15, 0.2) is 29.3 Å². The Morgan fingerprint density at radius 1 is 1.38 bits per heavy atom. The molecule has 0 fully saturated rings. The number of ether oxygens (including phenoxy) is 1. The molecular weight excluding hydrogens is 312 g/mol. The molecule has 134 valence electrons. The maximum Gasteiger partial charge on any atom is 0.269 e. The molecule has 3 N–H and O–H groups in total. The molecule has 0 amide bonds. The van der Waals surface area contributed by atoms with Crippen LogP contribution in [0.4, 0.5) is 5.69 Å². The molecule has 0 aliphatic heterocycles. The van der Waals surface area contributed by atoms with E-state index >= 15 is 0 Å². The summed E-state index contributed by atoms with van der Waals surface area (Å²) in [5.41, 5.74) is 0.960. The highest BCUT2D eigenvalue weighted by Gasteiger charge is 2.05. The highest BCUT2D eigenvalue weighted by Crippen LogP contribution is 2.12. The van der Waals surface area contributed by atoms with Crippen LogP contribution in [-0.2, 0) is 11.3 Å². The summed E-state index contributed by atoms with van der Waals surface area (Å²) >= 11 is 0. The Morgan fingerprint density at radius 2 is 2.08 bits per heavy atom. The van der Waals surface area contributed by atoms with Gasteiger partial charge >= 0.3 is 0 Å². The van der Waals surface area contributed by atoms with Crippen molar-refractivity contribution in [3.8, 4) is 0 Å². The van der Waals surface area contributed by atoms with Crippen LogP contribution in [-0.4, -0.2) is 48.4 Å². The van der Waals surface area contributed by atoms with E-state index in [0.29, 0.717) is 32.3 Å². The third-order valence-electron chi connectivity index (χ3n) is 3.34. The van der Waals surface area contributed by atoms with E-state index in [1.807, 2.05) is 0 Å². The summed E-state index contributed by atoms with van der Waals surface area (Å²) in [7, 11) is 0. The number of aliphatic imine (C=N–C) groups is 1. The van der Waals surface area contributed by atoms with Crippen molar-refractivity contribution in [3.05, 3.63) is 39.9 Å². The highest BCUT2D eigenvalue weighted by atomic mass is 16.6. The fraction of sp³-hybridized carbons (Fsp3) is 0.562. The predicted octanol–water partition coefficient (Wildman–Crippen LogP) is 1.44. The largest absolute Gasteiger partial charge is 0.394 e. The molecule has 24 heavy (non-hydrogen) atoms. The number of guanidine groups is 1. The number of hydrogen-bond acceptors (Lipinski definition) is 5. The fourth-order valence-electron chi connectivity index (χ4n) is 1.79. The Kier molecular flexibility index (Phi) is 9.40. The quantitative estimate of drug-likeness (QED) is 0.196. The lowest BCUT2D eigenvalue weighted by Crippen LogP contribution is -2.43. The first-order chi connectivity index (χ1) is 11.6. The van der Waals surface area contributed by atoms with Gasteiger partial charge in [-0.05, 0) is 18.9 Å². The van der Waals surface area contributed by atoms with Crippen molar-refractivity contribution < 1.29 is 14.8 Å². The summed E-state index contributed by atoms with van der Waals surface area (Å²) in [6.45, 7) is 5.92. The number of non-ortho nitro benzene ring substituents is 1. The molecule has 0 saturated carbocycles. The zero-order chi connectivity index (χ0) is 17.8. The average molecular weight is 338 g/mol. The van der Waals surface area contributed by atoms with Gasteiger partial charge in [0.1, 0.15) is 0 Å². The molecule has 1 atom stereocenters. The van der Waals surface area contributed by atoms with Gasteiger partial charge in [-0.25, -0.2) is 4.99 Å². The molecule has 1 aromatic carbocycles. The summed E-state index contributed by atoms with van der Waals surface area (Å²) in [6, 6.07) is 6.62. The van der Waals surface area contributed by atoms with Crippen molar-refractivity contribution in [2.75, 3.05) is 26.4 Å². The maximum atomic E-state index is 10.7. The molecule has 0 aromatic heterocycles. The molecule has 1 rings (SSSR count). The zero-order valence-electron chi connectivity index (χ0n) is 14.2. The molecule has 0 spiro atoms. The second kappa shape index (κ2) is 11.4. The first-order valence-corrected chi connectivity index (χ1v) is 8.03. The minimum absolute atomic E-state index is 0.00616. The molecule has 0 aliphatic rings. The van der Waals surface area contributed by atoms with Gasteiger partial charge in [0.25, 0.3) is 5.69 Å². The van der Waals surface area contributed by atoms with Crippen molar-refractivity contribution in [2.24, 2.45) is 4.99 Å². The van der Waals surface area contributed by atoms with Gasteiger partial charge in [0, 0.05) is 24.7 Å². The minimum Gasteiger partial charge on any atom is -0.394 e. The Labute approximate surface area is 142 Å². The Balaban J connectivity index is 2.59. The summed E-state index contributed by atoms with van der Waals surface area (Å²) in [5, 5.41) is 25.8. The van der Waals surface area contributed by atoms with Gasteiger partial charge < -0.3 is 20.5 Å². The Morgan fingerprint density at radius 3 is 2.67 bits per heavy atom. The topological polar surface area (TPSA) is 109 Å². The smallest absolute Gasteiger partial charge is 0.269 e. The van der Waals surface area contributed by atoms with Gasteiger partial charge in [0.05, 0.1) is 31.3 Å². The summed E-state index contributed by atoms with van der Waals surface area (Å²) in [6.07, 6.45) is 0.958. The van der Waals surface area contributed by atoms with E-state index in [4.69, 9.17) is 9.84 Å². The normalized spacial score (nSPS) is 12.7. The Bertz CT molecular complexity index is 519. The number of nitrogens with one attached hydrogen (secondary N) is 2. The van der Waals surface area contributed by atoms with E-state index < -0.39 is 4.92 Å². The lowest BCUT2D eigenvalue weighted by molar-refractivity contribution is -0.384. The number of nitrogens with zero attached hydrogens (tertiary/aromatic N) is 2. The second-order valence-corrected chi connectivity index (χ2v) is 5.30. The number of nitro groups is 1. The molecule has 0 heterocycles. The Hall–Kier alpha value is -2.19. The third-order valence-corrected chi connectivity index (χ3v) is 3.34. The molecular formula is C16H26N4O4. The van der Waals surface area contributed by atoms with E-state index in [0.717, 1.165) is 12.0 Å². The van der Waals surface area contributed by atoms with E-state index in [2.05, 4.69) is 29.5 Å². The van der Waals surface area contributed by atoms with Crippen LogP contribution < -0.4 is 10.6 Å². The van der Waals surface area contributed by atoms with Crippen molar-refractivity contribution in [2.45, 2.75) is 32.9 Å². The van der Waals surface area contributed by atoms with Gasteiger partial charge in [0.2, 0.25) is 0 Å². The van der Waals surface area contributed by atoms with Crippen LogP contribution in [0.2, 0.25) is 0 Å². The molecule has 1 aromatic rings. The zero-order valence-corrected chi connectivity index (χ0v) is 14.2. The van der Waals surface area contributed by atoms with Gasteiger partial charge in [-0.3, -0.25) is 10.1 Å². The van der Waals surface area contributed by atoms with Crippen LogP contribution in [0, 0.1) is 10.1 Å². The summed E-state index contributed by atoms with van der Waals surface area (Å²) in [5.74, 6) is 0.662. The van der Waals surface area contributed by atoms with Crippen molar-refractivity contribution in [1.82, 2.24) is 10.6 Å². The van der Waals surface area contributed by atoms with Crippen LogP contribution in [0.3, 0.4) is 0 Å². The number of benzene rings is 1. The first kappa shape index (κ1) is 19.9. The minimum atomic E-state index is -0.420. The van der Waals surface area contributed by atoms with Crippen LogP contribution in [0.1, 0.15) is 25.8 Å². The molecule has 8 nitrogen and oxygen atoms in total. The van der Waals surface area contributed by atoms with Gasteiger partial charge in [-0.15, -0.1) is 0 Å². The number of aliphatic hydroxyl groups excluding tert-OH is 1.